The number of rotatable bonds is 5. The number of amides is 4. The molecule has 2 aliphatic rings. The Balaban J connectivity index is 1.48. The maximum absolute atomic E-state index is 12.0. The summed E-state index contributed by atoms with van der Waals surface area (Å²) in [6, 6.07) is 9.34. The van der Waals surface area contributed by atoms with Crippen LogP contribution in [0.4, 0.5) is 26.9 Å². The van der Waals surface area contributed by atoms with E-state index in [1.807, 2.05) is 37.3 Å². The molecule has 36 heavy (non-hydrogen) atoms. The normalized spacial score (nSPS) is 17.3. The minimum absolute atomic E-state index is 0.106. The summed E-state index contributed by atoms with van der Waals surface area (Å²) in [6.07, 6.45) is 4.30. The lowest BCUT2D eigenvalue weighted by molar-refractivity contribution is -0.115. The quantitative estimate of drug-likeness (QED) is 0.316. The summed E-state index contributed by atoms with van der Waals surface area (Å²) in [5.74, 6) is 0.781. The zero-order valence-electron chi connectivity index (χ0n) is 19.9. The standard InChI is InChI=1S/C24H26N8O4/c1-14-4-3-5-17(10-14)26-19-12-20(27-16-6-8-31(9-7-16)24(35)36-2)32-21(29-19)15(13-25-32)11-18-22(33)30-23(34)28-18/h3-5,10-13,16,27H,6-9H2,1-2H3,(H,26,29)(H2,28,30,33,34)/b18-11-. The predicted octanol–water partition coefficient (Wildman–Crippen LogP) is 2.60. The van der Waals surface area contributed by atoms with Crippen molar-refractivity contribution in [3.05, 3.63) is 53.4 Å². The van der Waals surface area contributed by atoms with E-state index < -0.39 is 11.9 Å². The van der Waals surface area contributed by atoms with Gasteiger partial charge in [0.15, 0.2) is 5.65 Å². The number of anilines is 3. The van der Waals surface area contributed by atoms with Crippen molar-refractivity contribution in [1.82, 2.24) is 30.1 Å². The summed E-state index contributed by atoms with van der Waals surface area (Å²) in [4.78, 5) is 41.8. The summed E-state index contributed by atoms with van der Waals surface area (Å²) < 4.78 is 6.49. The second-order valence-electron chi connectivity index (χ2n) is 8.70. The van der Waals surface area contributed by atoms with Gasteiger partial charge in [0.05, 0.1) is 13.3 Å². The number of methoxy groups -OCH3 is 1. The second-order valence-corrected chi connectivity index (χ2v) is 8.70. The van der Waals surface area contributed by atoms with Gasteiger partial charge in [0, 0.05) is 36.4 Å². The lowest BCUT2D eigenvalue weighted by Gasteiger charge is -2.31. The van der Waals surface area contributed by atoms with Gasteiger partial charge in [0.2, 0.25) is 0 Å². The molecule has 0 radical (unpaired) electrons. The lowest BCUT2D eigenvalue weighted by Crippen LogP contribution is -2.42. The number of carbonyl (C=O) groups is 3. The van der Waals surface area contributed by atoms with Crippen molar-refractivity contribution in [2.75, 3.05) is 30.8 Å². The first-order valence-electron chi connectivity index (χ1n) is 11.6. The largest absolute Gasteiger partial charge is 0.453 e. The summed E-state index contributed by atoms with van der Waals surface area (Å²) in [7, 11) is 1.38. The number of carbonyl (C=O) groups excluding carboxylic acids is 3. The van der Waals surface area contributed by atoms with Gasteiger partial charge in [0.25, 0.3) is 5.91 Å². The first-order valence-corrected chi connectivity index (χ1v) is 11.6. The van der Waals surface area contributed by atoms with Crippen molar-refractivity contribution >= 4 is 47.1 Å². The van der Waals surface area contributed by atoms with E-state index in [0.29, 0.717) is 35.9 Å². The van der Waals surface area contributed by atoms with Gasteiger partial charge in [-0.1, -0.05) is 12.1 Å². The van der Waals surface area contributed by atoms with Crippen LogP contribution in [0.2, 0.25) is 0 Å². The van der Waals surface area contributed by atoms with Crippen molar-refractivity contribution in [3.63, 3.8) is 0 Å². The third-order valence-electron chi connectivity index (χ3n) is 6.09. The highest BCUT2D eigenvalue weighted by atomic mass is 16.5. The van der Waals surface area contributed by atoms with E-state index in [1.54, 1.807) is 21.7 Å². The van der Waals surface area contributed by atoms with Crippen LogP contribution in [-0.4, -0.2) is 63.8 Å². The Morgan fingerprint density at radius 1 is 1.19 bits per heavy atom. The van der Waals surface area contributed by atoms with Gasteiger partial charge in [0.1, 0.15) is 17.3 Å². The highest BCUT2D eigenvalue weighted by Crippen LogP contribution is 2.26. The van der Waals surface area contributed by atoms with E-state index in [2.05, 4.69) is 26.4 Å². The molecule has 4 heterocycles. The van der Waals surface area contributed by atoms with Crippen LogP contribution >= 0.6 is 0 Å². The van der Waals surface area contributed by atoms with Gasteiger partial charge < -0.3 is 25.6 Å². The molecule has 2 aliphatic heterocycles. The van der Waals surface area contributed by atoms with E-state index in [4.69, 9.17) is 9.72 Å². The van der Waals surface area contributed by atoms with Crippen LogP contribution in [0, 0.1) is 6.92 Å². The zero-order valence-corrected chi connectivity index (χ0v) is 19.9. The van der Waals surface area contributed by atoms with Gasteiger partial charge in [-0.15, -0.1) is 0 Å². The number of hydrogen-bond acceptors (Lipinski definition) is 8. The molecule has 186 valence electrons. The van der Waals surface area contributed by atoms with Gasteiger partial charge >= 0.3 is 12.1 Å². The summed E-state index contributed by atoms with van der Waals surface area (Å²) >= 11 is 0. The number of urea groups is 1. The predicted molar refractivity (Wildman–Crippen MR) is 133 cm³/mol. The topological polar surface area (TPSA) is 142 Å². The fourth-order valence-electron chi connectivity index (χ4n) is 4.30. The van der Waals surface area contributed by atoms with Crippen LogP contribution in [0.1, 0.15) is 24.0 Å². The Kier molecular flexibility index (Phi) is 6.15. The van der Waals surface area contributed by atoms with E-state index in [9.17, 15) is 14.4 Å². The highest BCUT2D eigenvalue weighted by Gasteiger charge is 2.26. The number of likely N-dealkylation sites (tertiary alicyclic amines) is 1. The van der Waals surface area contributed by atoms with Crippen molar-refractivity contribution in [2.45, 2.75) is 25.8 Å². The van der Waals surface area contributed by atoms with E-state index in [-0.39, 0.29) is 17.8 Å². The molecule has 0 bridgehead atoms. The van der Waals surface area contributed by atoms with Crippen LogP contribution in [0.25, 0.3) is 11.7 Å². The molecule has 0 atom stereocenters. The van der Waals surface area contributed by atoms with Gasteiger partial charge in [-0.3, -0.25) is 10.1 Å². The number of aryl methyl sites for hydroxylation is 1. The molecule has 0 saturated carbocycles. The van der Waals surface area contributed by atoms with Crippen LogP contribution < -0.4 is 21.3 Å². The average Bonchev–Trinajstić information content (AvgIpc) is 3.41. The summed E-state index contributed by atoms with van der Waals surface area (Å²) in [5, 5.41) is 16.0. The zero-order chi connectivity index (χ0) is 25.2. The fourth-order valence-corrected chi connectivity index (χ4v) is 4.30. The molecule has 4 N–H and O–H groups in total. The van der Waals surface area contributed by atoms with E-state index >= 15 is 0 Å². The van der Waals surface area contributed by atoms with Crippen LogP contribution in [0.5, 0.6) is 0 Å². The minimum atomic E-state index is -0.571. The Bertz CT molecular complexity index is 1370. The third-order valence-corrected chi connectivity index (χ3v) is 6.09. The molecule has 2 aromatic heterocycles. The lowest BCUT2D eigenvalue weighted by atomic mass is 10.1. The number of piperidine rings is 1. The first-order chi connectivity index (χ1) is 17.4. The maximum Gasteiger partial charge on any atom is 0.409 e. The second kappa shape index (κ2) is 9.56. The Morgan fingerprint density at radius 2 is 2.00 bits per heavy atom. The smallest absolute Gasteiger partial charge is 0.409 e. The van der Waals surface area contributed by atoms with Crippen LogP contribution in [0.3, 0.4) is 0 Å². The Labute approximate surface area is 206 Å². The molecule has 12 heteroatoms. The highest BCUT2D eigenvalue weighted by molar-refractivity contribution is 6.14. The number of hydrogen-bond donors (Lipinski definition) is 4. The number of fused-ring (bicyclic) bond motifs is 1. The average molecular weight is 491 g/mol. The monoisotopic (exact) mass is 490 g/mol. The molecule has 2 fully saturated rings. The SMILES string of the molecule is COC(=O)N1CCC(Nc2cc(Nc3cccc(C)c3)nc3c(/C=C4\NC(=O)NC4=O)cnn23)CC1. The Hall–Kier alpha value is -4.61. The molecule has 0 aliphatic carbocycles. The summed E-state index contributed by atoms with van der Waals surface area (Å²) in [6.45, 7) is 3.17. The fraction of sp³-hybridized carbons (Fsp3) is 0.292. The number of nitrogens with one attached hydrogen (secondary N) is 4. The summed E-state index contributed by atoms with van der Waals surface area (Å²) in [5.41, 5.74) is 3.18. The molecule has 5 rings (SSSR count). The van der Waals surface area contributed by atoms with Crippen molar-refractivity contribution in [2.24, 2.45) is 0 Å². The number of imide groups is 1. The van der Waals surface area contributed by atoms with E-state index in [0.717, 1.165) is 24.1 Å². The molecule has 4 amide bonds. The number of nitrogens with zero attached hydrogens (tertiary/aromatic N) is 4. The third kappa shape index (κ3) is 4.78. The number of aromatic nitrogens is 3. The Morgan fingerprint density at radius 3 is 2.69 bits per heavy atom. The van der Waals surface area contributed by atoms with Crippen LogP contribution in [0.15, 0.2) is 42.2 Å². The van der Waals surface area contributed by atoms with Crippen LogP contribution in [-0.2, 0) is 9.53 Å². The van der Waals surface area contributed by atoms with Gasteiger partial charge in [-0.2, -0.15) is 9.61 Å². The molecule has 3 aromatic rings. The van der Waals surface area contributed by atoms with Gasteiger partial charge in [-0.05, 0) is 43.5 Å². The molecule has 0 spiro atoms. The van der Waals surface area contributed by atoms with E-state index in [1.165, 1.54) is 7.11 Å². The molecule has 0 unspecified atom stereocenters. The van der Waals surface area contributed by atoms with Crippen molar-refractivity contribution in [3.8, 4) is 0 Å². The number of benzene rings is 1. The maximum atomic E-state index is 12.0. The minimum Gasteiger partial charge on any atom is -0.453 e. The van der Waals surface area contributed by atoms with Crippen molar-refractivity contribution < 1.29 is 19.1 Å². The molecular formula is C24H26N8O4. The number of ether oxygens (including phenoxy) is 1. The molecule has 1 aromatic carbocycles. The van der Waals surface area contributed by atoms with Gasteiger partial charge in [-0.25, -0.2) is 14.6 Å². The molecule has 2 saturated heterocycles. The molecular weight excluding hydrogens is 464 g/mol. The van der Waals surface area contributed by atoms with Crippen molar-refractivity contribution in [1.29, 1.82) is 0 Å². The first kappa shape index (κ1) is 23.1. The molecule has 12 nitrogen and oxygen atoms in total.